The van der Waals surface area contributed by atoms with E-state index in [4.69, 9.17) is 5.11 Å². The summed E-state index contributed by atoms with van der Waals surface area (Å²) in [6, 6.07) is 7.01. The van der Waals surface area contributed by atoms with Gasteiger partial charge in [-0.2, -0.15) is 0 Å². The van der Waals surface area contributed by atoms with Gasteiger partial charge >= 0.3 is 0 Å². The maximum absolute atomic E-state index is 12.0. The third-order valence-electron chi connectivity index (χ3n) is 2.29. The van der Waals surface area contributed by atoms with Gasteiger partial charge in [0, 0.05) is 21.2 Å². The Balaban J connectivity index is 2.07. The third-order valence-corrected chi connectivity index (χ3v) is 6.25. The lowest BCUT2D eigenvalue weighted by Gasteiger charge is -2.02. The van der Waals surface area contributed by atoms with Gasteiger partial charge in [0.1, 0.15) is 4.21 Å². The molecule has 2 N–H and O–H groups in total. The number of aryl methyl sites for hydroxylation is 1. The van der Waals surface area contributed by atoms with Crippen molar-refractivity contribution in [2.45, 2.75) is 24.3 Å². The summed E-state index contributed by atoms with van der Waals surface area (Å²) in [5.41, 5.74) is 0. The van der Waals surface area contributed by atoms with E-state index in [9.17, 15) is 8.42 Å². The summed E-state index contributed by atoms with van der Waals surface area (Å²) < 4.78 is 26.7. The molecule has 0 aliphatic rings. The molecule has 2 heterocycles. The molecule has 0 bridgehead atoms. The summed E-state index contributed by atoms with van der Waals surface area (Å²) in [5.74, 6) is 0. The Morgan fingerprint density at radius 2 is 1.89 bits per heavy atom. The predicted molar refractivity (Wildman–Crippen MR) is 73.3 cm³/mol. The number of thiophene rings is 2. The average Bonchev–Trinajstić information content (AvgIpc) is 2.95. The molecule has 18 heavy (non-hydrogen) atoms. The Morgan fingerprint density at radius 3 is 2.44 bits per heavy atom. The molecule has 0 aromatic carbocycles. The zero-order chi connectivity index (χ0) is 13.2. The van der Waals surface area contributed by atoms with E-state index in [2.05, 4.69) is 4.72 Å². The van der Waals surface area contributed by atoms with Crippen molar-refractivity contribution in [3.8, 4) is 0 Å². The zero-order valence-corrected chi connectivity index (χ0v) is 12.2. The van der Waals surface area contributed by atoms with E-state index in [1.54, 1.807) is 17.4 Å². The molecule has 0 unspecified atom stereocenters. The van der Waals surface area contributed by atoms with Gasteiger partial charge in [-0.3, -0.25) is 0 Å². The van der Waals surface area contributed by atoms with Crippen molar-refractivity contribution in [1.29, 1.82) is 0 Å². The van der Waals surface area contributed by atoms with Crippen molar-refractivity contribution in [2.24, 2.45) is 0 Å². The average molecular weight is 303 g/mol. The van der Waals surface area contributed by atoms with Gasteiger partial charge in [0.05, 0.1) is 6.61 Å². The normalized spacial score (nSPS) is 11.9. The van der Waals surface area contributed by atoms with Gasteiger partial charge in [0.15, 0.2) is 0 Å². The molecule has 98 valence electrons. The van der Waals surface area contributed by atoms with Crippen molar-refractivity contribution in [3.63, 3.8) is 0 Å². The summed E-state index contributed by atoms with van der Waals surface area (Å²) in [4.78, 5) is 2.78. The highest BCUT2D eigenvalue weighted by Gasteiger charge is 2.16. The van der Waals surface area contributed by atoms with Crippen LogP contribution in [0.4, 0.5) is 0 Å². The fourth-order valence-electron chi connectivity index (χ4n) is 1.41. The van der Waals surface area contributed by atoms with Gasteiger partial charge < -0.3 is 5.11 Å². The topological polar surface area (TPSA) is 66.4 Å². The Kier molecular flexibility index (Phi) is 4.18. The minimum absolute atomic E-state index is 0.135. The standard InChI is InChI=1S/C11H13NO3S3/c1-8-2-3-9(16-8)6-12-18(14,15)11-5-4-10(7-13)17-11/h2-5,12-13H,6-7H2,1H3. The number of rotatable bonds is 5. The van der Waals surface area contributed by atoms with Gasteiger partial charge in [-0.15, -0.1) is 22.7 Å². The monoisotopic (exact) mass is 303 g/mol. The molecule has 2 aromatic rings. The summed E-state index contributed by atoms with van der Waals surface area (Å²) in [7, 11) is -3.47. The highest BCUT2D eigenvalue weighted by Crippen LogP contribution is 2.22. The number of aliphatic hydroxyl groups excluding tert-OH is 1. The van der Waals surface area contributed by atoms with Crippen LogP contribution in [0.1, 0.15) is 14.6 Å². The smallest absolute Gasteiger partial charge is 0.250 e. The van der Waals surface area contributed by atoms with Gasteiger partial charge in [0.2, 0.25) is 10.0 Å². The van der Waals surface area contributed by atoms with Crippen molar-refractivity contribution < 1.29 is 13.5 Å². The summed E-state index contributed by atoms with van der Waals surface area (Å²) in [6.07, 6.45) is 0. The number of aliphatic hydroxyl groups is 1. The molecule has 0 aliphatic heterocycles. The van der Waals surface area contributed by atoms with Crippen molar-refractivity contribution in [1.82, 2.24) is 4.72 Å². The molecule has 2 rings (SSSR count). The van der Waals surface area contributed by atoms with Crippen molar-refractivity contribution in [3.05, 3.63) is 38.9 Å². The lowest BCUT2D eigenvalue weighted by Crippen LogP contribution is -2.21. The van der Waals surface area contributed by atoms with Gasteiger partial charge in [-0.05, 0) is 31.2 Å². The van der Waals surface area contributed by atoms with Crippen LogP contribution >= 0.6 is 22.7 Å². The molecule has 0 amide bonds. The Hall–Kier alpha value is -0.730. The lowest BCUT2D eigenvalue weighted by molar-refractivity contribution is 0.285. The minimum atomic E-state index is -3.47. The zero-order valence-electron chi connectivity index (χ0n) is 9.71. The second-order valence-electron chi connectivity index (χ2n) is 3.72. The molecule has 0 saturated carbocycles. The fraction of sp³-hybridized carbons (Fsp3) is 0.273. The Labute approximate surface area is 114 Å². The first-order chi connectivity index (χ1) is 8.51. The quantitative estimate of drug-likeness (QED) is 0.889. The maximum atomic E-state index is 12.0. The van der Waals surface area contributed by atoms with E-state index in [1.807, 2.05) is 19.1 Å². The molecule has 7 heteroatoms. The molecule has 4 nitrogen and oxygen atoms in total. The number of hydrogen-bond donors (Lipinski definition) is 2. The second kappa shape index (κ2) is 5.50. The number of hydrogen-bond acceptors (Lipinski definition) is 5. The van der Waals surface area contributed by atoms with Crippen LogP contribution in [0.25, 0.3) is 0 Å². The van der Waals surface area contributed by atoms with Crippen LogP contribution in [-0.2, 0) is 23.2 Å². The van der Waals surface area contributed by atoms with E-state index in [-0.39, 0.29) is 10.8 Å². The Morgan fingerprint density at radius 1 is 1.17 bits per heavy atom. The van der Waals surface area contributed by atoms with E-state index in [1.165, 1.54) is 6.07 Å². The van der Waals surface area contributed by atoms with Crippen LogP contribution in [0.15, 0.2) is 28.5 Å². The predicted octanol–water partition coefficient (Wildman–Crippen LogP) is 2.09. The van der Waals surface area contributed by atoms with Crippen LogP contribution in [0.5, 0.6) is 0 Å². The first-order valence-corrected chi connectivity index (χ1v) is 8.37. The van der Waals surface area contributed by atoms with Gasteiger partial charge in [-0.25, -0.2) is 13.1 Å². The highest BCUT2D eigenvalue weighted by atomic mass is 32.2. The summed E-state index contributed by atoms with van der Waals surface area (Å²) >= 11 is 2.65. The maximum Gasteiger partial charge on any atom is 0.250 e. The van der Waals surface area contributed by atoms with Crippen molar-refractivity contribution in [2.75, 3.05) is 0 Å². The summed E-state index contributed by atoms with van der Waals surface area (Å²) in [5, 5.41) is 8.92. The minimum Gasteiger partial charge on any atom is -0.391 e. The SMILES string of the molecule is Cc1ccc(CNS(=O)(=O)c2ccc(CO)s2)s1. The molecule has 0 spiro atoms. The molecule has 2 aromatic heterocycles. The summed E-state index contributed by atoms with van der Waals surface area (Å²) in [6.45, 7) is 2.15. The molecule has 0 radical (unpaired) electrons. The molecule has 0 saturated heterocycles. The van der Waals surface area contributed by atoms with Crippen LogP contribution in [-0.4, -0.2) is 13.5 Å². The highest BCUT2D eigenvalue weighted by molar-refractivity contribution is 7.91. The molecular weight excluding hydrogens is 290 g/mol. The molecule has 0 fully saturated rings. The van der Waals surface area contributed by atoms with Gasteiger partial charge in [0.25, 0.3) is 0 Å². The first-order valence-electron chi connectivity index (χ1n) is 5.26. The van der Waals surface area contributed by atoms with Crippen LogP contribution in [0.2, 0.25) is 0 Å². The van der Waals surface area contributed by atoms with Crippen LogP contribution in [0, 0.1) is 6.92 Å². The Bertz CT molecular complexity index is 628. The second-order valence-corrected chi connectivity index (χ2v) is 8.25. The van der Waals surface area contributed by atoms with Crippen LogP contribution in [0.3, 0.4) is 0 Å². The number of sulfonamides is 1. The van der Waals surface area contributed by atoms with E-state index in [0.29, 0.717) is 11.4 Å². The first kappa shape index (κ1) is 13.7. The van der Waals surface area contributed by atoms with Gasteiger partial charge in [-0.1, -0.05) is 0 Å². The van der Waals surface area contributed by atoms with Crippen LogP contribution < -0.4 is 4.72 Å². The largest absolute Gasteiger partial charge is 0.391 e. The number of nitrogens with one attached hydrogen (secondary N) is 1. The van der Waals surface area contributed by atoms with E-state index < -0.39 is 10.0 Å². The fourth-order valence-corrected chi connectivity index (χ4v) is 4.59. The molecule has 0 aliphatic carbocycles. The lowest BCUT2D eigenvalue weighted by atomic mass is 10.4. The van der Waals surface area contributed by atoms with E-state index >= 15 is 0 Å². The third kappa shape index (κ3) is 3.18. The van der Waals surface area contributed by atoms with Crippen molar-refractivity contribution >= 4 is 32.7 Å². The van der Waals surface area contributed by atoms with E-state index in [0.717, 1.165) is 21.1 Å². The molecular formula is C11H13NO3S3. The molecule has 0 atom stereocenters.